The monoisotopic (exact) mass is 251 g/mol. The minimum Gasteiger partial charge on any atom is -0.493 e. The van der Waals surface area contributed by atoms with Gasteiger partial charge in [-0.05, 0) is 23.8 Å². The summed E-state index contributed by atoms with van der Waals surface area (Å²) in [5, 5.41) is 3.57. The van der Waals surface area contributed by atoms with Crippen LogP contribution in [0.5, 0.6) is 11.5 Å². The molecule has 0 spiro atoms. The standard InChI is InChI=1S/C11H13N3O4/c1-17-8-4-3-7(5-9(8)18-2)6-13-14-11(16)10(12)15/h3-6H,1-2H3,(H2,12,15)(H,14,16)/b13-6+. The number of ether oxygens (including phenoxy) is 2. The molecule has 0 heterocycles. The number of primary amides is 1. The molecular formula is C11H13N3O4. The number of carbonyl (C=O) groups excluding carboxylic acids is 2. The van der Waals surface area contributed by atoms with Crippen LogP contribution in [0, 0.1) is 0 Å². The Bertz CT molecular complexity index is 485. The SMILES string of the molecule is COc1ccc(/C=N/NC(=O)C(N)=O)cc1OC. The first-order valence-electron chi connectivity index (χ1n) is 4.93. The summed E-state index contributed by atoms with van der Waals surface area (Å²) in [5.74, 6) is -0.968. The summed E-state index contributed by atoms with van der Waals surface area (Å²) >= 11 is 0. The lowest BCUT2D eigenvalue weighted by Crippen LogP contribution is -2.32. The molecule has 0 atom stereocenters. The number of amides is 2. The highest BCUT2D eigenvalue weighted by molar-refractivity contribution is 6.34. The van der Waals surface area contributed by atoms with E-state index in [2.05, 4.69) is 5.10 Å². The topological polar surface area (TPSA) is 103 Å². The van der Waals surface area contributed by atoms with Crippen molar-refractivity contribution in [2.24, 2.45) is 10.8 Å². The van der Waals surface area contributed by atoms with Gasteiger partial charge in [0.2, 0.25) is 0 Å². The van der Waals surface area contributed by atoms with Gasteiger partial charge in [-0.15, -0.1) is 0 Å². The van der Waals surface area contributed by atoms with Crippen LogP contribution in [0.4, 0.5) is 0 Å². The van der Waals surface area contributed by atoms with E-state index < -0.39 is 11.8 Å². The minimum atomic E-state index is -1.10. The zero-order valence-corrected chi connectivity index (χ0v) is 9.97. The maximum atomic E-state index is 10.8. The Labute approximate surface area is 104 Å². The number of hydrogen-bond donors (Lipinski definition) is 2. The van der Waals surface area contributed by atoms with Gasteiger partial charge in [-0.2, -0.15) is 5.10 Å². The van der Waals surface area contributed by atoms with Gasteiger partial charge in [0, 0.05) is 0 Å². The minimum absolute atomic E-state index is 0.530. The van der Waals surface area contributed by atoms with Gasteiger partial charge < -0.3 is 15.2 Å². The van der Waals surface area contributed by atoms with Crippen LogP contribution in [-0.4, -0.2) is 32.2 Å². The summed E-state index contributed by atoms with van der Waals surface area (Å²) in [5.41, 5.74) is 7.38. The average molecular weight is 251 g/mol. The number of nitrogens with zero attached hydrogens (tertiary/aromatic N) is 1. The van der Waals surface area contributed by atoms with Crippen LogP contribution in [0.15, 0.2) is 23.3 Å². The Kier molecular flexibility index (Phi) is 4.67. The number of benzene rings is 1. The molecule has 7 nitrogen and oxygen atoms in total. The molecule has 0 saturated heterocycles. The predicted octanol–water partition coefficient (Wildman–Crippen LogP) is -0.361. The molecule has 0 aliphatic rings. The van der Waals surface area contributed by atoms with E-state index in [9.17, 15) is 9.59 Å². The highest BCUT2D eigenvalue weighted by Gasteiger charge is 2.06. The van der Waals surface area contributed by atoms with E-state index in [4.69, 9.17) is 15.2 Å². The predicted molar refractivity (Wildman–Crippen MR) is 64.5 cm³/mol. The normalized spacial score (nSPS) is 10.1. The van der Waals surface area contributed by atoms with Crippen molar-refractivity contribution in [1.29, 1.82) is 0 Å². The van der Waals surface area contributed by atoms with E-state index in [-0.39, 0.29) is 0 Å². The summed E-state index contributed by atoms with van der Waals surface area (Å²) < 4.78 is 10.2. The average Bonchev–Trinajstić information content (AvgIpc) is 2.38. The molecule has 7 heteroatoms. The Morgan fingerprint density at radius 1 is 1.28 bits per heavy atom. The number of hydrogen-bond acceptors (Lipinski definition) is 5. The van der Waals surface area contributed by atoms with Gasteiger partial charge in [0.25, 0.3) is 0 Å². The van der Waals surface area contributed by atoms with Crippen LogP contribution in [0.25, 0.3) is 0 Å². The lowest BCUT2D eigenvalue weighted by molar-refractivity contribution is -0.137. The Hall–Kier alpha value is -2.57. The van der Waals surface area contributed by atoms with E-state index >= 15 is 0 Å². The second-order valence-electron chi connectivity index (χ2n) is 3.18. The zero-order valence-electron chi connectivity index (χ0n) is 9.97. The molecule has 3 N–H and O–H groups in total. The second kappa shape index (κ2) is 6.24. The molecule has 0 unspecified atom stereocenters. The van der Waals surface area contributed by atoms with Crippen molar-refractivity contribution in [2.75, 3.05) is 14.2 Å². The summed E-state index contributed by atoms with van der Waals surface area (Å²) in [4.78, 5) is 21.2. The molecule has 18 heavy (non-hydrogen) atoms. The Balaban J connectivity index is 2.76. The number of carbonyl (C=O) groups is 2. The van der Waals surface area contributed by atoms with Gasteiger partial charge in [-0.1, -0.05) is 0 Å². The number of methoxy groups -OCH3 is 2. The molecule has 2 amide bonds. The van der Waals surface area contributed by atoms with Crippen LogP contribution in [0.3, 0.4) is 0 Å². The van der Waals surface area contributed by atoms with Gasteiger partial charge >= 0.3 is 11.8 Å². The van der Waals surface area contributed by atoms with Gasteiger partial charge in [0.15, 0.2) is 11.5 Å². The first-order valence-corrected chi connectivity index (χ1v) is 4.93. The lowest BCUT2D eigenvalue weighted by atomic mass is 10.2. The summed E-state index contributed by atoms with van der Waals surface area (Å²) in [6.45, 7) is 0. The molecule has 0 fully saturated rings. The van der Waals surface area contributed by atoms with Gasteiger partial charge in [0.1, 0.15) is 0 Å². The fraction of sp³-hybridized carbons (Fsp3) is 0.182. The van der Waals surface area contributed by atoms with Crippen molar-refractivity contribution < 1.29 is 19.1 Å². The van der Waals surface area contributed by atoms with Crippen molar-refractivity contribution in [3.8, 4) is 11.5 Å². The number of nitrogens with two attached hydrogens (primary N) is 1. The Morgan fingerprint density at radius 2 is 1.94 bits per heavy atom. The quantitative estimate of drug-likeness (QED) is 0.433. The molecule has 0 aliphatic carbocycles. The van der Waals surface area contributed by atoms with Gasteiger partial charge in [0.05, 0.1) is 20.4 Å². The largest absolute Gasteiger partial charge is 0.493 e. The third kappa shape index (κ3) is 3.48. The van der Waals surface area contributed by atoms with E-state index in [1.54, 1.807) is 18.2 Å². The van der Waals surface area contributed by atoms with Gasteiger partial charge in [-0.3, -0.25) is 9.59 Å². The van der Waals surface area contributed by atoms with E-state index in [1.165, 1.54) is 20.4 Å². The maximum Gasteiger partial charge on any atom is 0.329 e. The van der Waals surface area contributed by atoms with Crippen LogP contribution in [-0.2, 0) is 9.59 Å². The lowest BCUT2D eigenvalue weighted by Gasteiger charge is -2.07. The van der Waals surface area contributed by atoms with Crippen LogP contribution < -0.4 is 20.6 Å². The first kappa shape index (κ1) is 13.5. The van der Waals surface area contributed by atoms with E-state index in [1.807, 2.05) is 5.43 Å². The third-order valence-electron chi connectivity index (χ3n) is 2.01. The second-order valence-corrected chi connectivity index (χ2v) is 3.18. The third-order valence-corrected chi connectivity index (χ3v) is 2.01. The first-order chi connectivity index (χ1) is 8.58. The van der Waals surface area contributed by atoms with Gasteiger partial charge in [-0.25, -0.2) is 5.43 Å². The molecule has 0 radical (unpaired) electrons. The number of rotatable bonds is 4. The highest BCUT2D eigenvalue weighted by Crippen LogP contribution is 2.26. The molecular weight excluding hydrogens is 238 g/mol. The fourth-order valence-electron chi connectivity index (χ4n) is 1.15. The number of nitrogens with one attached hydrogen (secondary N) is 1. The van der Waals surface area contributed by atoms with Crippen LogP contribution >= 0.6 is 0 Å². The molecule has 0 saturated carbocycles. The molecule has 1 rings (SSSR count). The fourth-order valence-corrected chi connectivity index (χ4v) is 1.15. The maximum absolute atomic E-state index is 10.8. The van der Waals surface area contributed by atoms with Crippen molar-refractivity contribution in [1.82, 2.24) is 5.43 Å². The molecule has 1 aromatic rings. The summed E-state index contributed by atoms with van der Waals surface area (Å²) in [6.07, 6.45) is 1.35. The smallest absolute Gasteiger partial charge is 0.329 e. The van der Waals surface area contributed by atoms with Crippen molar-refractivity contribution >= 4 is 18.0 Å². The highest BCUT2D eigenvalue weighted by atomic mass is 16.5. The molecule has 1 aromatic carbocycles. The van der Waals surface area contributed by atoms with Crippen LogP contribution in [0.1, 0.15) is 5.56 Å². The summed E-state index contributed by atoms with van der Waals surface area (Å²) in [7, 11) is 3.03. The molecule has 0 bridgehead atoms. The molecule has 96 valence electrons. The van der Waals surface area contributed by atoms with Crippen molar-refractivity contribution in [3.63, 3.8) is 0 Å². The van der Waals surface area contributed by atoms with Crippen molar-refractivity contribution in [2.45, 2.75) is 0 Å². The molecule has 0 aromatic heterocycles. The summed E-state index contributed by atoms with van der Waals surface area (Å²) in [6, 6.07) is 5.07. The van der Waals surface area contributed by atoms with Crippen LogP contribution in [0.2, 0.25) is 0 Å². The van der Waals surface area contributed by atoms with Crippen molar-refractivity contribution in [3.05, 3.63) is 23.8 Å². The van der Waals surface area contributed by atoms with E-state index in [0.717, 1.165) is 0 Å². The Morgan fingerprint density at radius 3 is 2.50 bits per heavy atom. The van der Waals surface area contributed by atoms with E-state index in [0.29, 0.717) is 17.1 Å². The molecule has 0 aliphatic heterocycles. The zero-order chi connectivity index (χ0) is 13.5. The number of hydrazone groups is 1.